The molecule has 0 aromatic rings. The van der Waals surface area contributed by atoms with Crippen LogP contribution in [0.2, 0.25) is 0 Å². The quantitative estimate of drug-likeness (QED) is 0.711. The number of ether oxygens (including phenoxy) is 2. The largest absolute Gasteiger partial charge is 0.389 e. The molecule has 3 rings (SSSR count). The number of hydrogen-bond acceptors (Lipinski definition) is 4. The molecule has 1 N–H and O–H groups in total. The maximum atomic E-state index is 11.9. The second-order valence-electron chi connectivity index (χ2n) is 5.80. The zero-order valence-electron chi connectivity index (χ0n) is 11.0. The third-order valence-corrected chi connectivity index (χ3v) is 4.94. The van der Waals surface area contributed by atoms with E-state index in [9.17, 15) is 9.90 Å². The maximum Gasteiger partial charge on any atom is 0.177 e. The first-order chi connectivity index (χ1) is 8.50. The highest BCUT2D eigenvalue weighted by Gasteiger charge is 2.60. The summed E-state index contributed by atoms with van der Waals surface area (Å²) in [5.74, 6) is -0.472. The fraction of sp³-hybridized carbons (Fsp3) is 0.786. The highest BCUT2D eigenvalue weighted by Crippen LogP contribution is 2.57. The molecule has 0 bridgehead atoms. The molecule has 0 radical (unpaired) electrons. The fourth-order valence-electron chi connectivity index (χ4n) is 3.93. The highest BCUT2D eigenvalue weighted by molar-refractivity contribution is 5.97. The summed E-state index contributed by atoms with van der Waals surface area (Å²) >= 11 is 0. The van der Waals surface area contributed by atoms with Gasteiger partial charge in [0.15, 0.2) is 11.6 Å². The third-order valence-electron chi connectivity index (χ3n) is 4.94. The predicted octanol–water partition coefficient (Wildman–Crippen LogP) is 1.57. The van der Waals surface area contributed by atoms with Gasteiger partial charge in [0, 0.05) is 18.3 Å². The predicted molar refractivity (Wildman–Crippen MR) is 64.9 cm³/mol. The van der Waals surface area contributed by atoms with Crippen LogP contribution in [0, 0.1) is 5.41 Å². The first-order valence-electron chi connectivity index (χ1n) is 6.71. The minimum absolute atomic E-state index is 0.150. The Morgan fingerprint density at radius 2 is 1.94 bits per heavy atom. The number of fused-ring (bicyclic) bond motifs is 2. The molecule has 0 unspecified atom stereocenters. The van der Waals surface area contributed by atoms with E-state index in [1.165, 1.54) is 0 Å². The van der Waals surface area contributed by atoms with E-state index in [-0.39, 0.29) is 11.2 Å². The number of allylic oxidation sites excluding steroid dienone is 1. The van der Waals surface area contributed by atoms with Crippen LogP contribution >= 0.6 is 0 Å². The molecule has 1 aliphatic heterocycles. The lowest BCUT2D eigenvalue weighted by atomic mass is 9.59. The van der Waals surface area contributed by atoms with Crippen molar-refractivity contribution in [2.45, 2.75) is 51.4 Å². The Hall–Kier alpha value is -0.710. The average Bonchev–Trinajstić information content (AvgIpc) is 2.81. The number of carbonyl (C=O) groups is 1. The van der Waals surface area contributed by atoms with Crippen molar-refractivity contribution < 1.29 is 19.4 Å². The van der Waals surface area contributed by atoms with Crippen LogP contribution in [0.1, 0.15) is 39.5 Å². The molecule has 2 aliphatic carbocycles. The van der Waals surface area contributed by atoms with E-state index < -0.39 is 11.9 Å². The van der Waals surface area contributed by atoms with Crippen LogP contribution in [0.4, 0.5) is 0 Å². The third kappa shape index (κ3) is 1.40. The van der Waals surface area contributed by atoms with Gasteiger partial charge in [0.05, 0.1) is 19.3 Å². The number of Topliss-reactive ketones (excluding diaryl/α,β-unsaturated/α-hetero) is 1. The van der Waals surface area contributed by atoms with Crippen LogP contribution in [0.3, 0.4) is 0 Å². The number of aliphatic hydroxyl groups is 1. The van der Waals surface area contributed by atoms with E-state index >= 15 is 0 Å². The van der Waals surface area contributed by atoms with Gasteiger partial charge in [-0.15, -0.1) is 0 Å². The standard InChI is InChI=1S/C14H20O4/c1-9-10(15)3-5-13(2)12(9)11(16)4-6-14(13)17-7-8-18-14/h11,16H,3-8H2,1-2H3/t11-,13+/m0/s1. The lowest BCUT2D eigenvalue weighted by Gasteiger charge is -2.53. The topological polar surface area (TPSA) is 55.8 Å². The Kier molecular flexibility index (Phi) is 2.66. The van der Waals surface area contributed by atoms with Crippen molar-refractivity contribution in [3.8, 4) is 0 Å². The van der Waals surface area contributed by atoms with Gasteiger partial charge in [-0.3, -0.25) is 4.79 Å². The van der Waals surface area contributed by atoms with Crippen molar-refractivity contribution in [2.75, 3.05) is 13.2 Å². The van der Waals surface area contributed by atoms with Gasteiger partial charge in [-0.1, -0.05) is 6.92 Å². The summed E-state index contributed by atoms with van der Waals surface area (Å²) in [6.07, 6.45) is 2.01. The number of aliphatic hydroxyl groups excluding tert-OH is 1. The number of rotatable bonds is 0. The molecule has 0 aromatic heterocycles. The Labute approximate surface area is 107 Å². The van der Waals surface area contributed by atoms with Crippen molar-refractivity contribution in [1.29, 1.82) is 0 Å². The van der Waals surface area contributed by atoms with E-state index in [1.54, 1.807) is 0 Å². The summed E-state index contributed by atoms with van der Waals surface area (Å²) in [5.41, 5.74) is 1.21. The van der Waals surface area contributed by atoms with E-state index in [4.69, 9.17) is 9.47 Å². The maximum absolute atomic E-state index is 11.9. The number of hydrogen-bond donors (Lipinski definition) is 1. The van der Waals surface area contributed by atoms with Crippen LogP contribution in [-0.2, 0) is 14.3 Å². The Morgan fingerprint density at radius 1 is 1.28 bits per heavy atom. The van der Waals surface area contributed by atoms with Crippen molar-refractivity contribution >= 4 is 5.78 Å². The second kappa shape index (κ2) is 3.89. The molecule has 18 heavy (non-hydrogen) atoms. The van der Waals surface area contributed by atoms with E-state index in [1.807, 2.05) is 6.92 Å². The van der Waals surface area contributed by atoms with Crippen LogP contribution in [0.5, 0.6) is 0 Å². The zero-order valence-corrected chi connectivity index (χ0v) is 11.0. The molecule has 100 valence electrons. The lowest BCUT2D eigenvalue weighted by Crippen LogP contribution is -2.56. The van der Waals surface area contributed by atoms with Gasteiger partial charge in [0.1, 0.15) is 0 Å². The minimum atomic E-state index is -0.622. The molecule has 1 saturated heterocycles. The van der Waals surface area contributed by atoms with Gasteiger partial charge in [0.25, 0.3) is 0 Å². The summed E-state index contributed by atoms with van der Waals surface area (Å²) in [6.45, 7) is 5.11. The van der Waals surface area contributed by atoms with Gasteiger partial charge < -0.3 is 14.6 Å². The zero-order chi connectivity index (χ0) is 13.0. The Morgan fingerprint density at radius 3 is 2.61 bits per heavy atom. The monoisotopic (exact) mass is 252 g/mol. The smallest absolute Gasteiger partial charge is 0.177 e. The first-order valence-corrected chi connectivity index (χ1v) is 6.71. The molecule has 4 heteroatoms. The van der Waals surface area contributed by atoms with Gasteiger partial charge in [-0.2, -0.15) is 0 Å². The van der Waals surface area contributed by atoms with Crippen molar-refractivity contribution in [3.63, 3.8) is 0 Å². The molecule has 0 amide bonds. The number of ketones is 1. The molecule has 0 aromatic carbocycles. The van der Waals surface area contributed by atoms with Gasteiger partial charge in [-0.05, 0) is 30.9 Å². The van der Waals surface area contributed by atoms with E-state index in [0.29, 0.717) is 38.9 Å². The molecule has 4 nitrogen and oxygen atoms in total. The molecule has 1 spiro atoms. The lowest BCUT2D eigenvalue weighted by molar-refractivity contribution is -0.245. The number of carbonyl (C=O) groups excluding carboxylic acids is 1. The normalized spacial score (nSPS) is 39.3. The summed E-state index contributed by atoms with van der Waals surface area (Å²) in [6, 6.07) is 0. The van der Waals surface area contributed by atoms with Crippen molar-refractivity contribution in [2.24, 2.45) is 5.41 Å². The van der Waals surface area contributed by atoms with Crippen LogP contribution in [-0.4, -0.2) is 36.0 Å². The second-order valence-corrected chi connectivity index (χ2v) is 5.80. The molecular weight excluding hydrogens is 232 g/mol. The summed E-state index contributed by atoms with van der Waals surface area (Å²) < 4.78 is 11.8. The first kappa shape index (κ1) is 12.3. The van der Waals surface area contributed by atoms with Crippen LogP contribution < -0.4 is 0 Å². The summed E-state index contributed by atoms with van der Waals surface area (Å²) in [7, 11) is 0. The molecule has 1 saturated carbocycles. The molecule has 1 heterocycles. The fourth-order valence-corrected chi connectivity index (χ4v) is 3.93. The average molecular weight is 252 g/mol. The Balaban J connectivity index is 2.13. The van der Waals surface area contributed by atoms with Crippen LogP contribution in [0.25, 0.3) is 0 Å². The van der Waals surface area contributed by atoms with Crippen molar-refractivity contribution in [1.82, 2.24) is 0 Å². The molecular formula is C14H20O4. The highest BCUT2D eigenvalue weighted by atomic mass is 16.7. The van der Waals surface area contributed by atoms with Gasteiger partial charge in [0.2, 0.25) is 0 Å². The molecule has 2 fully saturated rings. The van der Waals surface area contributed by atoms with Gasteiger partial charge in [-0.25, -0.2) is 0 Å². The van der Waals surface area contributed by atoms with Gasteiger partial charge >= 0.3 is 0 Å². The Bertz CT molecular complexity index is 420. The molecule has 3 aliphatic rings. The van der Waals surface area contributed by atoms with E-state index in [0.717, 1.165) is 11.1 Å². The minimum Gasteiger partial charge on any atom is -0.389 e. The van der Waals surface area contributed by atoms with E-state index in [2.05, 4.69) is 6.92 Å². The van der Waals surface area contributed by atoms with Crippen LogP contribution in [0.15, 0.2) is 11.1 Å². The summed E-state index contributed by atoms with van der Waals surface area (Å²) in [4.78, 5) is 11.9. The van der Waals surface area contributed by atoms with Crippen molar-refractivity contribution in [3.05, 3.63) is 11.1 Å². The molecule has 2 atom stereocenters. The SMILES string of the molecule is CC1=C2[C@@H](O)CCC3(OCCO3)[C@]2(C)CCC1=O. The summed E-state index contributed by atoms with van der Waals surface area (Å²) in [5, 5.41) is 10.3.